The number of rotatable bonds is 3. The molecular formula is C14H15BrFN3O. The van der Waals surface area contributed by atoms with Gasteiger partial charge in [-0.3, -0.25) is 0 Å². The first-order valence-electron chi connectivity index (χ1n) is 6.69. The Morgan fingerprint density at radius 1 is 1.50 bits per heavy atom. The average molecular weight is 340 g/mol. The summed E-state index contributed by atoms with van der Waals surface area (Å²) in [6.45, 7) is 3.07. The first-order chi connectivity index (χ1) is 9.64. The fourth-order valence-corrected chi connectivity index (χ4v) is 3.17. The van der Waals surface area contributed by atoms with Gasteiger partial charge in [-0.2, -0.15) is 4.98 Å². The molecule has 2 aromatic rings. The number of nitrogens with zero attached hydrogens (tertiary/aromatic N) is 2. The molecule has 1 aromatic carbocycles. The monoisotopic (exact) mass is 339 g/mol. The topological polar surface area (TPSA) is 51.0 Å². The highest BCUT2D eigenvalue weighted by molar-refractivity contribution is 9.10. The molecule has 3 rings (SSSR count). The number of halogens is 2. The minimum Gasteiger partial charge on any atom is -0.337 e. The maximum absolute atomic E-state index is 13.1. The zero-order valence-corrected chi connectivity index (χ0v) is 12.7. The van der Waals surface area contributed by atoms with Gasteiger partial charge in [-0.15, -0.1) is 0 Å². The van der Waals surface area contributed by atoms with Gasteiger partial charge in [-0.25, -0.2) is 4.39 Å². The molecule has 2 heterocycles. The van der Waals surface area contributed by atoms with Crippen molar-refractivity contribution < 1.29 is 8.91 Å². The molecule has 1 atom stereocenters. The molecule has 1 fully saturated rings. The molecule has 0 saturated carbocycles. The fourth-order valence-electron chi connectivity index (χ4n) is 2.64. The second kappa shape index (κ2) is 5.26. The molecule has 106 valence electrons. The molecule has 1 aliphatic rings. The summed E-state index contributed by atoms with van der Waals surface area (Å²) < 4.78 is 19.2. The lowest BCUT2D eigenvalue weighted by Gasteiger charge is -2.22. The number of hydrogen-bond acceptors (Lipinski definition) is 4. The zero-order valence-electron chi connectivity index (χ0n) is 11.1. The maximum atomic E-state index is 13.1. The van der Waals surface area contributed by atoms with Gasteiger partial charge in [-0.1, -0.05) is 12.1 Å². The third kappa shape index (κ3) is 2.27. The van der Waals surface area contributed by atoms with Crippen molar-refractivity contribution in [2.45, 2.75) is 31.7 Å². The molecule has 0 bridgehead atoms. The Kier molecular flexibility index (Phi) is 3.60. The molecular weight excluding hydrogens is 325 g/mol. The van der Waals surface area contributed by atoms with Gasteiger partial charge in [0.25, 0.3) is 0 Å². The van der Waals surface area contributed by atoms with Crippen molar-refractivity contribution in [1.29, 1.82) is 0 Å². The Balaban J connectivity index is 1.97. The summed E-state index contributed by atoms with van der Waals surface area (Å²) in [7, 11) is 0. The van der Waals surface area contributed by atoms with Crippen LogP contribution in [0.1, 0.15) is 32.1 Å². The van der Waals surface area contributed by atoms with Gasteiger partial charge in [0.1, 0.15) is 5.82 Å². The van der Waals surface area contributed by atoms with Gasteiger partial charge in [0.05, 0.1) is 5.54 Å². The number of aromatic nitrogens is 2. The van der Waals surface area contributed by atoms with Crippen molar-refractivity contribution in [3.63, 3.8) is 0 Å². The molecule has 1 N–H and O–H groups in total. The largest absolute Gasteiger partial charge is 0.337 e. The van der Waals surface area contributed by atoms with Crippen LogP contribution >= 0.6 is 15.9 Å². The molecule has 0 amide bonds. The van der Waals surface area contributed by atoms with Gasteiger partial charge < -0.3 is 9.84 Å². The minimum absolute atomic E-state index is 0.211. The van der Waals surface area contributed by atoms with Crippen LogP contribution in [-0.2, 0) is 5.54 Å². The molecule has 1 aliphatic heterocycles. The van der Waals surface area contributed by atoms with E-state index < -0.39 is 0 Å². The van der Waals surface area contributed by atoms with E-state index in [1.807, 2.05) is 0 Å². The Labute approximate surface area is 124 Å². The summed E-state index contributed by atoms with van der Waals surface area (Å²) >= 11 is 3.33. The molecule has 1 saturated heterocycles. The highest BCUT2D eigenvalue weighted by Crippen LogP contribution is 2.35. The van der Waals surface area contributed by atoms with Crippen molar-refractivity contribution in [1.82, 2.24) is 15.5 Å². The van der Waals surface area contributed by atoms with Gasteiger partial charge in [0.2, 0.25) is 11.7 Å². The summed E-state index contributed by atoms with van der Waals surface area (Å²) in [5.41, 5.74) is 0.517. The van der Waals surface area contributed by atoms with Crippen LogP contribution in [0.15, 0.2) is 27.2 Å². The standard InChI is InChI=1S/C14H15BrFN3O/c1-2-14(6-3-7-17-14)13-18-12(19-20-13)10-5-4-9(16)8-11(10)15/h4-5,8,17H,2-3,6-7H2,1H3. The fraction of sp³-hybridized carbons (Fsp3) is 0.429. The van der Waals surface area contributed by atoms with Crippen LogP contribution < -0.4 is 5.32 Å². The Morgan fingerprint density at radius 3 is 3.00 bits per heavy atom. The van der Waals surface area contributed by atoms with Crippen molar-refractivity contribution in [3.8, 4) is 11.4 Å². The van der Waals surface area contributed by atoms with E-state index in [9.17, 15) is 4.39 Å². The van der Waals surface area contributed by atoms with E-state index in [-0.39, 0.29) is 11.4 Å². The van der Waals surface area contributed by atoms with Gasteiger partial charge in [0, 0.05) is 10.0 Å². The van der Waals surface area contributed by atoms with Crippen molar-refractivity contribution >= 4 is 15.9 Å². The second-order valence-corrected chi connectivity index (χ2v) is 5.87. The van der Waals surface area contributed by atoms with E-state index in [0.29, 0.717) is 16.2 Å². The highest BCUT2D eigenvalue weighted by Gasteiger charge is 2.39. The number of nitrogens with one attached hydrogen (secondary N) is 1. The summed E-state index contributed by atoms with van der Waals surface area (Å²) in [5, 5.41) is 7.49. The van der Waals surface area contributed by atoms with E-state index in [4.69, 9.17) is 4.52 Å². The maximum Gasteiger partial charge on any atom is 0.247 e. The summed E-state index contributed by atoms with van der Waals surface area (Å²) in [6.07, 6.45) is 3.00. The second-order valence-electron chi connectivity index (χ2n) is 5.01. The van der Waals surface area contributed by atoms with E-state index >= 15 is 0 Å². The van der Waals surface area contributed by atoms with Crippen molar-refractivity contribution in [3.05, 3.63) is 34.4 Å². The van der Waals surface area contributed by atoms with Gasteiger partial charge >= 0.3 is 0 Å². The van der Waals surface area contributed by atoms with Gasteiger partial charge in [-0.05, 0) is 59.9 Å². The summed E-state index contributed by atoms with van der Waals surface area (Å²) in [6, 6.07) is 4.43. The van der Waals surface area contributed by atoms with Gasteiger partial charge in [0.15, 0.2) is 0 Å². The van der Waals surface area contributed by atoms with E-state index in [1.165, 1.54) is 12.1 Å². The van der Waals surface area contributed by atoms with E-state index in [0.717, 1.165) is 31.4 Å². The molecule has 1 unspecified atom stereocenters. The average Bonchev–Trinajstić information content (AvgIpc) is 3.08. The van der Waals surface area contributed by atoms with Crippen LogP contribution in [0.3, 0.4) is 0 Å². The molecule has 20 heavy (non-hydrogen) atoms. The van der Waals surface area contributed by atoms with Crippen LogP contribution in [0.4, 0.5) is 4.39 Å². The third-order valence-electron chi connectivity index (χ3n) is 3.85. The van der Waals surface area contributed by atoms with Crippen LogP contribution in [0.5, 0.6) is 0 Å². The molecule has 4 nitrogen and oxygen atoms in total. The first-order valence-corrected chi connectivity index (χ1v) is 7.48. The minimum atomic E-state index is -0.299. The molecule has 1 aromatic heterocycles. The van der Waals surface area contributed by atoms with Crippen molar-refractivity contribution in [2.75, 3.05) is 6.54 Å². The van der Waals surface area contributed by atoms with E-state index in [2.05, 4.69) is 38.3 Å². The van der Waals surface area contributed by atoms with Crippen LogP contribution in [0.2, 0.25) is 0 Å². The normalized spacial score (nSPS) is 22.4. The predicted molar refractivity (Wildman–Crippen MR) is 76.6 cm³/mol. The Hall–Kier alpha value is -1.27. The quantitative estimate of drug-likeness (QED) is 0.927. The van der Waals surface area contributed by atoms with Crippen LogP contribution in [-0.4, -0.2) is 16.7 Å². The molecule has 6 heteroatoms. The van der Waals surface area contributed by atoms with Crippen LogP contribution in [0.25, 0.3) is 11.4 Å². The Bertz CT molecular complexity index is 623. The molecule has 0 spiro atoms. The first kappa shape index (κ1) is 13.7. The lowest BCUT2D eigenvalue weighted by atomic mass is 9.94. The lowest BCUT2D eigenvalue weighted by Crippen LogP contribution is -2.36. The van der Waals surface area contributed by atoms with Crippen molar-refractivity contribution in [2.24, 2.45) is 0 Å². The smallest absolute Gasteiger partial charge is 0.247 e. The number of benzene rings is 1. The molecule has 0 radical (unpaired) electrons. The predicted octanol–water partition coefficient (Wildman–Crippen LogP) is 3.63. The SMILES string of the molecule is CCC1(c2nc(-c3ccc(F)cc3Br)no2)CCCN1. The number of hydrogen-bond donors (Lipinski definition) is 1. The lowest BCUT2D eigenvalue weighted by molar-refractivity contribution is 0.250. The third-order valence-corrected chi connectivity index (χ3v) is 4.51. The van der Waals surface area contributed by atoms with E-state index in [1.54, 1.807) is 6.07 Å². The highest BCUT2D eigenvalue weighted by atomic mass is 79.9. The summed E-state index contributed by atoms with van der Waals surface area (Å²) in [4.78, 5) is 4.50. The summed E-state index contributed by atoms with van der Waals surface area (Å²) in [5.74, 6) is 0.795. The molecule has 0 aliphatic carbocycles. The zero-order chi connectivity index (χ0) is 14.2. The Morgan fingerprint density at radius 2 is 2.35 bits per heavy atom. The van der Waals surface area contributed by atoms with Crippen LogP contribution in [0, 0.1) is 5.82 Å².